The van der Waals surface area contributed by atoms with E-state index in [4.69, 9.17) is 10.5 Å². The molecule has 0 radical (unpaired) electrons. The minimum Gasteiger partial charge on any atom is -0.494 e. The second kappa shape index (κ2) is 3.21. The molecule has 0 aliphatic heterocycles. The highest BCUT2D eigenvalue weighted by molar-refractivity contribution is 5.84. The number of rotatable bonds is 2. The number of aryl methyl sites for hydroxylation is 1. The van der Waals surface area contributed by atoms with Crippen molar-refractivity contribution >= 4 is 17.0 Å². The number of nitrogen functional groups attached to an aromatic ring is 1. The van der Waals surface area contributed by atoms with Gasteiger partial charge in [-0.3, -0.25) is 0 Å². The minimum absolute atomic E-state index is 0.534. The molecule has 74 valence electrons. The quantitative estimate of drug-likeness (QED) is 0.785. The molecule has 2 aromatic rings. The average molecular weight is 191 g/mol. The summed E-state index contributed by atoms with van der Waals surface area (Å²) in [7, 11) is 1.63. The van der Waals surface area contributed by atoms with Crippen molar-refractivity contribution < 1.29 is 4.74 Å². The van der Waals surface area contributed by atoms with Gasteiger partial charge in [0.15, 0.2) is 0 Å². The van der Waals surface area contributed by atoms with Crippen molar-refractivity contribution in [3.63, 3.8) is 0 Å². The molecule has 0 spiro atoms. The zero-order valence-corrected chi connectivity index (χ0v) is 8.32. The van der Waals surface area contributed by atoms with Crippen LogP contribution in [0.4, 0.5) is 5.95 Å². The first kappa shape index (κ1) is 8.87. The van der Waals surface area contributed by atoms with Crippen molar-refractivity contribution in [2.45, 2.75) is 13.5 Å². The monoisotopic (exact) mass is 191 g/mol. The molecule has 0 saturated carbocycles. The number of hydrogen-bond donors (Lipinski definition) is 1. The SMILES string of the molecule is CCn1c(N)nc2c(OC)cccc21. The molecule has 4 nitrogen and oxygen atoms in total. The van der Waals surface area contributed by atoms with E-state index in [9.17, 15) is 0 Å². The summed E-state index contributed by atoms with van der Waals surface area (Å²) in [6.45, 7) is 2.85. The lowest BCUT2D eigenvalue weighted by Gasteiger charge is -2.02. The molecule has 0 saturated heterocycles. The number of anilines is 1. The third kappa shape index (κ3) is 1.11. The summed E-state index contributed by atoms with van der Waals surface area (Å²) < 4.78 is 7.17. The van der Waals surface area contributed by atoms with Gasteiger partial charge in [-0.2, -0.15) is 0 Å². The zero-order chi connectivity index (χ0) is 10.1. The highest BCUT2D eigenvalue weighted by atomic mass is 16.5. The van der Waals surface area contributed by atoms with Crippen LogP contribution in [0.15, 0.2) is 18.2 Å². The van der Waals surface area contributed by atoms with Crippen LogP contribution in [-0.2, 0) is 6.54 Å². The summed E-state index contributed by atoms with van der Waals surface area (Å²) in [6.07, 6.45) is 0. The first-order valence-electron chi connectivity index (χ1n) is 4.56. The molecule has 1 aromatic heterocycles. The van der Waals surface area contributed by atoms with E-state index in [1.165, 1.54) is 0 Å². The van der Waals surface area contributed by atoms with Gasteiger partial charge in [-0.1, -0.05) is 6.07 Å². The van der Waals surface area contributed by atoms with Gasteiger partial charge in [0, 0.05) is 6.54 Å². The predicted octanol–water partition coefficient (Wildman–Crippen LogP) is 1.65. The molecule has 0 unspecified atom stereocenters. The van der Waals surface area contributed by atoms with E-state index in [0.29, 0.717) is 5.95 Å². The summed E-state index contributed by atoms with van der Waals surface area (Å²) in [5.41, 5.74) is 7.63. The van der Waals surface area contributed by atoms with Crippen molar-refractivity contribution in [2.75, 3.05) is 12.8 Å². The number of fused-ring (bicyclic) bond motifs is 1. The molecule has 0 aliphatic carbocycles. The molecule has 0 bridgehead atoms. The Morgan fingerprint density at radius 1 is 1.50 bits per heavy atom. The van der Waals surface area contributed by atoms with Crippen LogP contribution in [0.3, 0.4) is 0 Å². The third-order valence-corrected chi connectivity index (χ3v) is 2.31. The number of nitrogens with two attached hydrogens (primary N) is 1. The van der Waals surface area contributed by atoms with Gasteiger partial charge in [-0.25, -0.2) is 4.98 Å². The van der Waals surface area contributed by atoms with Crippen molar-refractivity contribution in [3.8, 4) is 5.75 Å². The van der Waals surface area contributed by atoms with E-state index in [0.717, 1.165) is 23.3 Å². The Morgan fingerprint density at radius 3 is 2.93 bits per heavy atom. The van der Waals surface area contributed by atoms with Crippen LogP contribution in [-0.4, -0.2) is 16.7 Å². The first-order valence-corrected chi connectivity index (χ1v) is 4.56. The molecule has 0 aliphatic rings. The smallest absolute Gasteiger partial charge is 0.201 e. The molecule has 4 heteroatoms. The summed E-state index contributed by atoms with van der Waals surface area (Å²) in [5.74, 6) is 1.30. The molecule has 1 heterocycles. The summed E-state index contributed by atoms with van der Waals surface area (Å²) in [4.78, 5) is 4.27. The molecule has 2 N–H and O–H groups in total. The van der Waals surface area contributed by atoms with Crippen LogP contribution in [0.2, 0.25) is 0 Å². The van der Waals surface area contributed by atoms with E-state index in [1.54, 1.807) is 7.11 Å². The fourth-order valence-electron chi connectivity index (χ4n) is 1.64. The van der Waals surface area contributed by atoms with Crippen LogP contribution in [0.25, 0.3) is 11.0 Å². The highest BCUT2D eigenvalue weighted by Crippen LogP contribution is 2.26. The highest BCUT2D eigenvalue weighted by Gasteiger charge is 2.09. The van der Waals surface area contributed by atoms with Gasteiger partial charge >= 0.3 is 0 Å². The maximum Gasteiger partial charge on any atom is 0.201 e. The lowest BCUT2D eigenvalue weighted by molar-refractivity contribution is 0.419. The normalized spacial score (nSPS) is 10.7. The Bertz CT molecular complexity index is 462. The zero-order valence-electron chi connectivity index (χ0n) is 8.32. The lowest BCUT2D eigenvalue weighted by Crippen LogP contribution is -2.00. The number of para-hydroxylation sites is 1. The van der Waals surface area contributed by atoms with Gasteiger partial charge in [0.25, 0.3) is 0 Å². The molecular weight excluding hydrogens is 178 g/mol. The molecule has 0 atom stereocenters. The molecule has 0 fully saturated rings. The second-order valence-corrected chi connectivity index (χ2v) is 3.04. The predicted molar refractivity (Wildman–Crippen MR) is 56.4 cm³/mol. The molecule has 1 aromatic carbocycles. The maximum atomic E-state index is 5.78. The van der Waals surface area contributed by atoms with E-state index in [1.807, 2.05) is 29.7 Å². The van der Waals surface area contributed by atoms with E-state index in [2.05, 4.69) is 4.98 Å². The van der Waals surface area contributed by atoms with E-state index in [-0.39, 0.29) is 0 Å². The van der Waals surface area contributed by atoms with Crippen LogP contribution in [0.1, 0.15) is 6.92 Å². The summed E-state index contributed by atoms with van der Waals surface area (Å²) in [5, 5.41) is 0. The fourth-order valence-corrected chi connectivity index (χ4v) is 1.64. The van der Waals surface area contributed by atoms with Gasteiger partial charge in [0.1, 0.15) is 11.3 Å². The Hall–Kier alpha value is -1.71. The van der Waals surface area contributed by atoms with Crippen molar-refractivity contribution in [1.29, 1.82) is 0 Å². The van der Waals surface area contributed by atoms with Crippen molar-refractivity contribution in [2.24, 2.45) is 0 Å². The van der Waals surface area contributed by atoms with Gasteiger partial charge in [-0.05, 0) is 19.1 Å². The second-order valence-electron chi connectivity index (χ2n) is 3.04. The Balaban J connectivity index is 2.79. The van der Waals surface area contributed by atoms with Crippen molar-refractivity contribution in [3.05, 3.63) is 18.2 Å². The molecule has 2 rings (SSSR count). The third-order valence-electron chi connectivity index (χ3n) is 2.31. The molecule has 14 heavy (non-hydrogen) atoms. The lowest BCUT2D eigenvalue weighted by atomic mass is 10.3. The largest absolute Gasteiger partial charge is 0.494 e. The Kier molecular flexibility index (Phi) is 2.04. The molecular formula is C10H13N3O. The number of benzene rings is 1. The summed E-state index contributed by atoms with van der Waals surface area (Å²) in [6, 6.07) is 5.81. The topological polar surface area (TPSA) is 53.1 Å². The average Bonchev–Trinajstić information content (AvgIpc) is 2.52. The van der Waals surface area contributed by atoms with Gasteiger partial charge in [0.05, 0.1) is 12.6 Å². The van der Waals surface area contributed by atoms with E-state index >= 15 is 0 Å². The Labute approximate surface area is 82.3 Å². The van der Waals surface area contributed by atoms with Gasteiger partial charge < -0.3 is 15.0 Å². The first-order chi connectivity index (χ1) is 6.77. The van der Waals surface area contributed by atoms with Gasteiger partial charge in [-0.15, -0.1) is 0 Å². The summed E-state index contributed by atoms with van der Waals surface area (Å²) >= 11 is 0. The standard InChI is InChI=1S/C10H13N3O/c1-3-13-7-5-4-6-8(14-2)9(7)12-10(13)11/h4-6H,3H2,1-2H3,(H2,11,12). The molecule has 0 amide bonds. The Morgan fingerprint density at radius 2 is 2.29 bits per heavy atom. The van der Waals surface area contributed by atoms with Crippen molar-refractivity contribution in [1.82, 2.24) is 9.55 Å². The fraction of sp³-hybridized carbons (Fsp3) is 0.300. The number of hydrogen-bond acceptors (Lipinski definition) is 3. The van der Waals surface area contributed by atoms with Crippen LogP contribution in [0.5, 0.6) is 5.75 Å². The number of ether oxygens (including phenoxy) is 1. The van der Waals surface area contributed by atoms with Crippen LogP contribution in [0, 0.1) is 0 Å². The maximum absolute atomic E-state index is 5.78. The van der Waals surface area contributed by atoms with E-state index < -0.39 is 0 Å². The number of methoxy groups -OCH3 is 1. The number of aromatic nitrogens is 2. The van der Waals surface area contributed by atoms with Crippen LogP contribution < -0.4 is 10.5 Å². The van der Waals surface area contributed by atoms with Crippen LogP contribution >= 0.6 is 0 Å². The number of imidazole rings is 1. The number of nitrogens with zero attached hydrogens (tertiary/aromatic N) is 2. The minimum atomic E-state index is 0.534. The van der Waals surface area contributed by atoms with Gasteiger partial charge in [0.2, 0.25) is 5.95 Å².